The minimum Gasteiger partial charge on any atom is -0.311 e. The molecule has 0 rings (SSSR count). The Hall–Kier alpha value is -0.200. The minimum absolute atomic E-state index is 0.0458. The molecule has 0 aliphatic carbocycles. The van der Waals surface area contributed by atoms with Crippen molar-refractivity contribution < 1.29 is 9.59 Å². The van der Waals surface area contributed by atoms with Crippen LogP contribution in [0.5, 0.6) is 0 Å². The number of hydrogen-bond acceptors (Lipinski definition) is 5. The van der Waals surface area contributed by atoms with Gasteiger partial charge in [0.05, 0.1) is 0 Å². The van der Waals surface area contributed by atoms with Gasteiger partial charge in [-0.1, -0.05) is 31.6 Å². The summed E-state index contributed by atoms with van der Waals surface area (Å²) in [7, 11) is 3.03. The highest BCUT2D eigenvalue weighted by atomic mass is 33.1. The molecule has 0 aliphatic heterocycles. The average molecular weight is 349 g/mol. The predicted molar refractivity (Wildman–Crippen MR) is 98.9 cm³/mol. The van der Waals surface area contributed by atoms with Crippen molar-refractivity contribution in [3.8, 4) is 0 Å². The van der Waals surface area contributed by atoms with E-state index >= 15 is 0 Å². The van der Waals surface area contributed by atoms with Crippen LogP contribution in [0, 0.1) is 5.41 Å². The summed E-state index contributed by atoms with van der Waals surface area (Å²) in [5.74, 6) is 1.26. The SMILES string of the molecule is CC(C)(C)NCCSSNC(=O)CCCCC(=O)C(C)(C)C. The number of carbonyl (C=O) groups is 2. The molecule has 0 fully saturated rings. The van der Waals surface area contributed by atoms with E-state index in [1.807, 2.05) is 20.8 Å². The summed E-state index contributed by atoms with van der Waals surface area (Å²) in [5.41, 5.74) is -0.130. The van der Waals surface area contributed by atoms with Gasteiger partial charge in [-0.25, -0.2) is 0 Å². The number of nitrogens with one attached hydrogen (secondary N) is 2. The topological polar surface area (TPSA) is 58.2 Å². The van der Waals surface area contributed by atoms with E-state index in [1.54, 1.807) is 10.8 Å². The molecule has 2 N–H and O–H groups in total. The first-order valence-corrected chi connectivity index (χ1v) is 10.2. The van der Waals surface area contributed by atoms with Crippen molar-refractivity contribution >= 4 is 33.5 Å². The average Bonchev–Trinajstić information content (AvgIpc) is 2.36. The van der Waals surface area contributed by atoms with Gasteiger partial charge in [-0.2, -0.15) is 0 Å². The van der Waals surface area contributed by atoms with Gasteiger partial charge < -0.3 is 5.32 Å². The number of unbranched alkanes of at least 4 members (excludes halogenated alkanes) is 1. The Morgan fingerprint density at radius 2 is 1.55 bits per heavy atom. The summed E-state index contributed by atoms with van der Waals surface area (Å²) in [4.78, 5) is 23.4. The van der Waals surface area contributed by atoms with Crippen molar-refractivity contribution in [3.05, 3.63) is 0 Å². The van der Waals surface area contributed by atoms with Gasteiger partial charge in [0.1, 0.15) is 5.78 Å². The van der Waals surface area contributed by atoms with E-state index in [0.717, 1.165) is 25.1 Å². The molecule has 6 heteroatoms. The zero-order valence-electron chi connectivity index (χ0n) is 14.9. The number of carbonyl (C=O) groups excluding carboxylic acids is 2. The molecule has 0 saturated heterocycles. The van der Waals surface area contributed by atoms with Crippen LogP contribution in [-0.2, 0) is 9.59 Å². The van der Waals surface area contributed by atoms with Crippen LogP contribution in [0.4, 0.5) is 0 Å². The third kappa shape index (κ3) is 13.5. The highest BCUT2D eigenvalue weighted by molar-refractivity contribution is 8.76. The van der Waals surface area contributed by atoms with Crippen LogP contribution in [0.1, 0.15) is 67.2 Å². The number of rotatable bonds is 10. The van der Waals surface area contributed by atoms with E-state index < -0.39 is 0 Å². The second-order valence-corrected chi connectivity index (χ2v) is 9.71. The van der Waals surface area contributed by atoms with Gasteiger partial charge in [-0.05, 0) is 33.6 Å². The van der Waals surface area contributed by atoms with Gasteiger partial charge in [-0.3, -0.25) is 14.3 Å². The zero-order valence-corrected chi connectivity index (χ0v) is 16.5. The summed E-state index contributed by atoms with van der Waals surface area (Å²) in [6.45, 7) is 13.1. The smallest absolute Gasteiger partial charge is 0.230 e. The lowest BCUT2D eigenvalue weighted by Crippen LogP contribution is -2.37. The maximum absolute atomic E-state index is 11.7. The molecule has 0 atom stereocenters. The van der Waals surface area contributed by atoms with Crippen LogP contribution in [0.25, 0.3) is 0 Å². The predicted octanol–water partition coefficient (Wildman–Crippen LogP) is 3.96. The first-order chi connectivity index (χ1) is 10.0. The van der Waals surface area contributed by atoms with E-state index in [-0.39, 0.29) is 22.6 Å². The fourth-order valence-corrected chi connectivity index (χ4v) is 3.06. The lowest BCUT2D eigenvalue weighted by Gasteiger charge is -2.19. The van der Waals surface area contributed by atoms with Gasteiger partial charge in [-0.15, -0.1) is 0 Å². The molecular formula is C16H32N2O2S2. The lowest BCUT2D eigenvalue weighted by atomic mass is 9.88. The third-order valence-corrected chi connectivity index (χ3v) is 4.85. The van der Waals surface area contributed by atoms with Crippen molar-refractivity contribution in [2.75, 3.05) is 12.3 Å². The number of amides is 1. The molecule has 0 aliphatic rings. The Bertz CT molecular complexity index is 347. The maximum atomic E-state index is 11.7. The molecule has 130 valence electrons. The Balaban J connectivity index is 3.50. The summed E-state index contributed by atoms with van der Waals surface area (Å²) in [5, 5.41) is 3.40. The first kappa shape index (κ1) is 21.8. The van der Waals surface area contributed by atoms with E-state index in [0.29, 0.717) is 12.8 Å². The molecule has 0 aromatic heterocycles. The van der Waals surface area contributed by atoms with Crippen molar-refractivity contribution in [2.24, 2.45) is 5.41 Å². The van der Waals surface area contributed by atoms with Crippen LogP contribution in [0.15, 0.2) is 0 Å². The first-order valence-electron chi connectivity index (χ1n) is 7.88. The highest BCUT2D eigenvalue weighted by Gasteiger charge is 2.20. The Morgan fingerprint density at radius 1 is 0.955 bits per heavy atom. The summed E-state index contributed by atoms with van der Waals surface area (Å²) in [6, 6.07) is 0. The minimum atomic E-state index is -0.268. The summed E-state index contributed by atoms with van der Waals surface area (Å²) in [6.07, 6.45) is 2.61. The summed E-state index contributed by atoms with van der Waals surface area (Å²) >= 11 is 0. The molecule has 0 aromatic carbocycles. The van der Waals surface area contributed by atoms with E-state index in [4.69, 9.17) is 0 Å². The molecule has 0 radical (unpaired) electrons. The van der Waals surface area contributed by atoms with Crippen LogP contribution in [0.2, 0.25) is 0 Å². The van der Waals surface area contributed by atoms with Crippen LogP contribution < -0.4 is 10.0 Å². The molecule has 0 spiro atoms. The van der Waals surface area contributed by atoms with E-state index in [1.165, 1.54) is 11.0 Å². The van der Waals surface area contributed by atoms with Gasteiger partial charge in [0.25, 0.3) is 0 Å². The van der Waals surface area contributed by atoms with Crippen molar-refractivity contribution in [2.45, 2.75) is 72.8 Å². The standard InChI is InChI=1S/C16H32N2O2S2/c1-15(2,3)13(19)9-7-8-10-14(20)18-22-21-12-11-17-16(4,5)6/h17H,7-12H2,1-6H3,(H,18,20). The third-order valence-electron chi connectivity index (χ3n) is 2.95. The number of hydrogen-bond donors (Lipinski definition) is 2. The van der Waals surface area contributed by atoms with Crippen molar-refractivity contribution in [1.82, 2.24) is 10.0 Å². The summed E-state index contributed by atoms with van der Waals surface area (Å²) < 4.78 is 2.83. The van der Waals surface area contributed by atoms with Gasteiger partial charge in [0.15, 0.2) is 0 Å². The normalized spacial score (nSPS) is 12.3. The van der Waals surface area contributed by atoms with Crippen LogP contribution in [0.3, 0.4) is 0 Å². The molecular weight excluding hydrogens is 316 g/mol. The monoisotopic (exact) mass is 348 g/mol. The number of ketones is 1. The molecule has 0 heterocycles. The quantitative estimate of drug-likeness (QED) is 0.355. The molecule has 0 saturated carbocycles. The fraction of sp³-hybridized carbons (Fsp3) is 0.875. The van der Waals surface area contributed by atoms with Gasteiger partial charge in [0.2, 0.25) is 5.91 Å². The molecule has 22 heavy (non-hydrogen) atoms. The molecule has 1 amide bonds. The lowest BCUT2D eigenvalue weighted by molar-refractivity contribution is -0.126. The molecule has 0 aromatic rings. The molecule has 0 unspecified atom stereocenters. The molecule has 0 bridgehead atoms. The Morgan fingerprint density at radius 3 is 2.09 bits per heavy atom. The second kappa shape index (κ2) is 10.6. The Kier molecular flexibility index (Phi) is 10.5. The second-order valence-electron chi connectivity index (χ2n) is 7.49. The van der Waals surface area contributed by atoms with Gasteiger partial charge in [0, 0.05) is 47.1 Å². The van der Waals surface area contributed by atoms with E-state index in [2.05, 4.69) is 30.8 Å². The molecule has 4 nitrogen and oxygen atoms in total. The van der Waals surface area contributed by atoms with Gasteiger partial charge >= 0.3 is 0 Å². The van der Waals surface area contributed by atoms with Crippen molar-refractivity contribution in [1.29, 1.82) is 0 Å². The Labute approximate surface area is 143 Å². The zero-order chi connectivity index (χ0) is 17.2. The van der Waals surface area contributed by atoms with E-state index in [9.17, 15) is 9.59 Å². The maximum Gasteiger partial charge on any atom is 0.230 e. The van der Waals surface area contributed by atoms with Crippen LogP contribution in [-0.4, -0.2) is 29.5 Å². The van der Waals surface area contributed by atoms with Crippen LogP contribution >= 0.6 is 21.8 Å². The largest absolute Gasteiger partial charge is 0.311 e. The van der Waals surface area contributed by atoms with Crippen molar-refractivity contribution in [3.63, 3.8) is 0 Å². The fourth-order valence-electron chi connectivity index (χ4n) is 1.58. The number of Topliss-reactive ketones (excluding diaryl/α,β-unsaturated/α-hetero) is 1. The highest BCUT2D eigenvalue weighted by Crippen LogP contribution is 2.19.